The minimum atomic E-state index is -0.606. The first-order valence-corrected chi connectivity index (χ1v) is 9.22. The summed E-state index contributed by atoms with van der Waals surface area (Å²) in [6.45, 7) is 3.75. The van der Waals surface area contributed by atoms with Gasteiger partial charge >= 0.3 is 0 Å². The molecule has 0 heterocycles. The molecule has 0 radical (unpaired) electrons. The van der Waals surface area contributed by atoms with E-state index in [1.807, 2.05) is 49.4 Å². The molecule has 0 aromatic heterocycles. The molecule has 2 atom stereocenters. The standard InChI is InChI=1S/C20H24BrNO4/c1-5-17(14-6-11-18(24-3)19(12-14)25-4)22-20(23)13(2)26-16-9-7-15(21)8-10-16/h6-13,17H,5H2,1-4H3,(H,22,23). The van der Waals surface area contributed by atoms with Crippen LogP contribution >= 0.6 is 15.9 Å². The summed E-state index contributed by atoms with van der Waals surface area (Å²) in [6.07, 6.45) is 0.136. The lowest BCUT2D eigenvalue weighted by Gasteiger charge is -2.22. The van der Waals surface area contributed by atoms with Crippen molar-refractivity contribution >= 4 is 21.8 Å². The lowest BCUT2D eigenvalue weighted by Crippen LogP contribution is -2.38. The van der Waals surface area contributed by atoms with E-state index in [1.54, 1.807) is 21.1 Å². The molecule has 6 heteroatoms. The third kappa shape index (κ3) is 5.14. The van der Waals surface area contributed by atoms with Crippen molar-refractivity contribution in [2.45, 2.75) is 32.4 Å². The molecule has 2 rings (SSSR count). The Morgan fingerprint density at radius 3 is 2.31 bits per heavy atom. The molecule has 1 N–H and O–H groups in total. The average molecular weight is 422 g/mol. The smallest absolute Gasteiger partial charge is 0.261 e. The largest absolute Gasteiger partial charge is 0.493 e. The number of benzene rings is 2. The van der Waals surface area contributed by atoms with Gasteiger partial charge in [-0.1, -0.05) is 28.9 Å². The molecule has 0 aliphatic heterocycles. The van der Waals surface area contributed by atoms with Gasteiger partial charge in [0.05, 0.1) is 20.3 Å². The number of carbonyl (C=O) groups is 1. The highest BCUT2D eigenvalue weighted by Crippen LogP contribution is 2.31. The van der Waals surface area contributed by atoms with Crippen LogP contribution in [0.4, 0.5) is 0 Å². The van der Waals surface area contributed by atoms with Crippen molar-refractivity contribution in [2.75, 3.05) is 14.2 Å². The van der Waals surface area contributed by atoms with Gasteiger partial charge in [0.15, 0.2) is 17.6 Å². The Bertz CT molecular complexity index is 733. The number of nitrogens with one attached hydrogen (secondary N) is 1. The molecule has 0 saturated carbocycles. The van der Waals surface area contributed by atoms with Gasteiger partial charge in [0.25, 0.3) is 5.91 Å². The fourth-order valence-corrected chi connectivity index (χ4v) is 2.81. The van der Waals surface area contributed by atoms with Gasteiger partial charge in [0.2, 0.25) is 0 Å². The van der Waals surface area contributed by atoms with Crippen molar-refractivity contribution in [3.05, 3.63) is 52.5 Å². The number of rotatable bonds is 8. The minimum Gasteiger partial charge on any atom is -0.493 e. The average Bonchev–Trinajstić information content (AvgIpc) is 2.67. The zero-order chi connectivity index (χ0) is 19.1. The summed E-state index contributed by atoms with van der Waals surface area (Å²) < 4.78 is 17.3. The molecule has 0 fully saturated rings. The second kappa shape index (κ2) is 9.48. The first-order valence-electron chi connectivity index (χ1n) is 8.43. The number of halogens is 1. The molecule has 2 aromatic carbocycles. The van der Waals surface area contributed by atoms with Crippen LogP contribution in [0.5, 0.6) is 17.2 Å². The maximum atomic E-state index is 12.5. The summed E-state index contributed by atoms with van der Waals surface area (Å²) in [5.41, 5.74) is 0.953. The second-order valence-electron chi connectivity index (χ2n) is 5.80. The topological polar surface area (TPSA) is 56.8 Å². The molecule has 2 aromatic rings. The van der Waals surface area contributed by atoms with E-state index in [1.165, 1.54) is 0 Å². The maximum Gasteiger partial charge on any atom is 0.261 e. The van der Waals surface area contributed by atoms with Gasteiger partial charge in [-0.15, -0.1) is 0 Å². The van der Waals surface area contributed by atoms with Crippen LogP contribution in [0.3, 0.4) is 0 Å². The number of ether oxygens (including phenoxy) is 3. The SMILES string of the molecule is CCC(NC(=O)C(C)Oc1ccc(Br)cc1)c1ccc(OC)c(OC)c1. The summed E-state index contributed by atoms with van der Waals surface area (Å²) >= 11 is 3.38. The normalized spacial score (nSPS) is 12.8. The second-order valence-corrected chi connectivity index (χ2v) is 6.71. The maximum absolute atomic E-state index is 12.5. The van der Waals surface area contributed by atoms with Crippen molar-refractivity contribution in [3.8, 4) is 17.2 Å². The van der Waals surface area contributed by atoms with Gasteiger partial charge in [-0.3, -0.25) is 4.79 Å². The van der Waals surface area contributed by atoms with Crippen LogP contribution < -0.4 is 19.5 Å². The first-order chi connectivity index (χ1) is 12.5. The highest BCUT2D eigenvalue weighted by molar-refractivity contribution is 9.10. The number of carbonyl (C=O) groups excluding carboxylic acids is 1. The lowest BCUT2D eigenvalue weighted by molar-refractivity contribution is -0.128. The fraction of sp³-hybridized carbons (Fsp3) is 0.350. The van der Waals surface area contributed by atoms with Crippen molar-refractivity contribution in [1.82, 2.24) is 5.32 Å². The first kappa shape index (κ1) is 20.1. The van der Waals surface area contributed by atoms with Crippen LogP contribution in [0.1, 0.15) is 31.9 Å². The van der Waals surface area contributed by atoms with Crippen molar-refractivity contribution in [2.24, 2.45) is 0 Å². The van der Waals surface area contributed by atoms with E-state index in [4.69, 9.17) is 14.2 Å². The van der Waals surface area contributed by atoms with Gasteiger partial charge < -0.3 is 19.5 Å². The molecular weight excluding hydrogens is 398 g/mol. The molecule has 0 aliphatic carbocycles. The van der Waals surface area contributed by atoms with Gasteiger partial charge in [-0.25, -0.2) is 0 Å². The van der Waals surface area contributed by atoms with Gasteiger partial charge in [0, 0.05) is 4.47 Å². The van der Waals surface area contributed by atoms with Gasteiger partial charge in [-0.05, 0) is 55.3 Å². The van der Waals surface area contributed by atoms with E-state index in [9.17, 15) is 4.79 Å². The van der Waals surface area contributed by atoms with Crippen LogP contribution in [0.25, 0.3) is 0 Å². The molecule has 2 unspecified atom stereocenters. The fourth-order valence-electron chi connectivity index (χ4n) is 2.55. The molecule has 0 aliphatic rings. The Morgan fingerprint density at radius 1 is 1.08 bits per heavy atom. The van der Waals surface area contributed by atoms with Crippen LogP contribution in [0, 0.1) is 0 Å². The summed E-state index contributed by atoms with van der Waals surface area (Å²) in [5.74, 6) is 1.77. The Kier molecular flexibility index (Phi) is 7.33. The zero-order valence-corrected chi connectivity index (χ0v) is 17.0. The number of methoxy groups -OCH3 is 2. The van der Waals surface area contributed by atoms with E-state index >= 15 is 0 Å². The monoisotopic (exact) mass is 421 g/mol. The number of hydrogen-bond donors (Lipinski definition) is 1. The predicted octanol–water partition coefficient (Wildman–Crippen LogP) is 4.50. The van der Waals surface area contributed by atoms with Crippen molar-refractivity contribution < 1.29 is 19.0 Å². The summed E-state index contributed by atoms with van der Waals surface area (Å²) in [7, 11) is 3.19. The summed E-state index contributed by atoms with van der Waals surface area (Å²) in [6, 6.07) is 12.9. The minimum absolute atomic E-state index is 0.140. The molecule has 0 bridgehead atoms. The Morgan fingerprint density at radius 2 is 1.73 bits per heavy atom. The highest BCUT2D eigenvalue weighted by Gasteiger charge is 2.20. The van der Waals surface area contributed by atoms with Crippen LogP contribution in [-0.4, -0.2) is 26.2 Å². The van der Waals surface area contributed by atoms with E-state index < -0.39 is 6.10 Å². The number of hydrogen-bond acceptors (Lipinski definition) is 4. The van der Waals surface area contributed by atoms with Gasteiger partial charge in [-0.2, -0.15) is 0 Å². The van der Waals surface area contributed by atoms with Crippen LogP contribution in [0.15, 0.2) is 46.9 Å². The van der Waals surface area contributed by atoms with E-state index in [0.29, 0.717) is 17.2 Å². The quantitative estimate of drug-likeness (QED) is 0.681. The number of amides is 1. The molecule has 140 valence electrons. The van der Waals surface area contributed by atoms with Crippen molar-refractivity contribution in [3.63, 3.8) is 0 Å². The Hall–Kier alpha value is -2.21. The molecular formula is C20H24BrNO4. The van der Waals surface area contributed by atoms with Crippen molar-refractivity contribution in [1.29, 1.82) is 0 Å². The third-order valence-electron chi connectivity index (χ3n) is 4.03. The van der Waals surface area contributed by atoms with Crippen LogP contribution in [0.2, 0.25) is 0 Å². The Labute approximate surface area is 162 Å². The lowest BCUT2D eigenvalue weighted by atomic mass is 10.0. The summed E-state index contributed by atoms with van der Waals surface area (Å²) in [4.78, 5) is 12.5. The predicted molar refractivity (Wildman–Crippen MR) is 105 cm³/mol. The molecule has 0 saturated heterocycles. The van der Waals surface area contributed by atoms with E-state index in [2.05, 4.69) is 21.2 Å². The Balaban J connectivity index is 2.06. The zero-order valence-electron chi connectivity index (χ0n) is 15.4. The molecule has 0 spiro atoms. The van der Waals surface area contributed by atoms with E-state index in [-0.39, 0.29) is 11.9 Å². The van der Waals surface area contributed by atoms with Gasteiger partial charge in [0.1, 0.15) is 5.75 Å². The molecule has 26 heavy (non-hydrogen) atoms. The highest BCUT2D eigenvalue weighted by atomic mass is 79.9. The van der Waals surface area contributed by atoms with E-state index in [0.717, 1.165) is 16.5 Å². The van der Waals surface area contributed by atoms with Crippen LogP contribution in [-0.2, 0) is 4.79 Å². The molecule has 5 nitrogen and oxygen atoms in total. The third-order valence-corrected chi connectivity index (χ3v) is 4.56. The molecule has 1 amide bonds. The summed E-state index contributed by atoms with van der Waals surface area (Å²) in [5, 5.41) is 3.03.